The SMILES string of the molecule is O=c1ccc2ccc(CNCCNc3ccc(CO)c(Cl)c3)cc2o1. The van der Waals surface area contributed by atoms with Crippen molar-refractivity contribution >= 4 is 28.3 Å². The molecule has 0 aliphatic rings. The second-order valence-corrected chi connectivity index (χ2v) is 6.10. The van der Waals surface area contributed by atoms with E-state index < -0.39 is 0 Å². The normalized spacial score (nSPS) is 11.0. The summed E-state index contributed by atoms with van der Waals surface area (Å²) in [6.07, 6.45) is 0. The van der Waals surface area contributed by atoms with E-state index in [2.05, 4.69) is 10.6 Å². The maximum absolute atomic E-state index is 11.3. The Bertz CT molecular complexity index is 924. The van der Waals surface area contributed by atoms with Crippen LogP contribution >= 0.6 is 11.6 Å². The summed E-state index contributed by atoms with van der Waals surface area (Å²) < 4.78 is 5.19. The molecule has 0 amide bonds. The van der Waals surface area contributed by atoms with Crippen LogP contribution in [0.15, 0.2) is 57.7 Å². The molecule has 0 aliphatic heterocycles. The average molecular weight is 359 g/mol. The first kappa shape index (κ1) is 17.5. The molecule has 0 saturated carbocycles. The van der Waals surface area contributed by atoms with Gasteiger partial charge < -0.3 is 20.2 Å². The lowest BCUT2D eigenvalue weighted by molar-refractivity contribution is 0.282. The molecule has 3 aromatic rings. The molecular formula is C19H19ClN2O3. The van der Waals surface area contributed by atoms with Crippen LogP contribution < -0.4 is 16.3 Å². The smallest absolute Gasteiger partial charge is 0.336 e. The van der Waals surface area contributed by atoms with Crippen molar-refractivity contribution in [1.29, 1.82) is 0 Å². The second kappa shape index (κ2) is 8.16. The van der Waals surface area contributed by atoms with E-state index in [-0.39, 0.29) is 12.2 Å². The zero-order valence-electron chi connectivity index (χ0n) is 13.6. The number of rotatable bonds is 7. The van der Waals surface area contributed by atoms with Crippen LogP contribution in [-0.4, -0.2) is 18.2 Å². The molecule has 5 nitrogen and oxygen atoms in total. The van der Waals surface area contributed by atoms with Gasteiger partial charge in [-0.3, -0.25) is 0 Å². The quantitative estimate of drug-likeness (QED) is 0.447. The molecule has 0 saturated heterocycles. The van der Waals surface area contributed by atoms with E-state index in [1.54, 1.807) is 18.2 Å². The Kier molecular flexibility index (Phi) is 5.71. The van der Waals surface area contributed by atoms with E-state index in [0.717, 1.165) is 29.7 Å². The van der Waals surface area contributed by atoms with Crippen molar-refractivity contribution in [3.8, 4) is 0 Å². The minimum absolute atomic E-state index is 0.0629. The third kappa shape index (κ3) is 4.60. The molecule has 0 atom stereocenters. The van der Waals surface area contributed by atoms with Gasteiger partial charge in [-0.2, -0.15) is 0 Å². The Balaban J connectivity index is 1.48. The highest BCUT2D eigenvalue weighted by Gasteiger charge is 2.01. The van der Waals surface area contributed by atoms with Gasteiger partial charge in [-0.25, -0.2) is 4.79 Å². The maximum Gasteiger partial charge on any atom is 0.336 e. The Hall–Kier alpha value is -2.34. The minimum atomic E-state index is -0.340. The van der Waals surface area contributed by atoms with E-state index in [4.69, 9.17) is 21.1 Å². The number of fused-ring (bicyclic) bond motifs is 1. The number of benzene rings is 2. The highest BCUT2D eigenvalue weighted by atomic mass is 35.5. The number of anilines is 1. The van der Waals surface area contributed by atoms with Crippen molar-refractivity contribution in [3.63, 3.8) is 0 Å². The van der Waals surface area contributed by atoms with Crippen LogP contribution in [0.3, 0.4) is 0 Å². The molecule has 3 N–H and O–H groups in total. The summed E-state index contributed by atoms with van der Waals surface area (Å²) in [5, 5.41) is 17.2. The van der Waals surface area contributed by atoms with E-state index in [0.29, 0.717) is 22.7 Å². The number of aliphatic hydroxyl groups is 1. The fourth-order valence-electron chi connectivity index (χ4n) is 2.53. The summed E-state index contributed by atoms with van der Waals surface area (Å²) in [5.41, 5.74) is 2.94. The number of aliphatic hydroxyl groups excluding tert-OH is 1. The van der Waals surface area contributed by atoms with E-state index in [1.165, 1.54) is 6.07 Å². The van der Waals surface area contributed by atoms with Crippen LogP contribution in [0.4, 0.5) is 5.69 Å². The first-order valence-corrected chi connectivity index (χ1v) is 8.40. The van der Waals surface area contributed by atoms with Gasteiger partial charge in [0.15, 0.2) is 0 Å². The van der Waals surface area contributed by atoms with Crippen LogP contribution in [0.5, 0.6) is 0 Å². The van der Waals surface area contributed by atoms with Crippen molar-refractivity contribution in [3.05, 3.63) is 75.1 Å². The molecule has 1 heterocycles. The van der Waals surface area contributed by atoms with Gasteiger partial charge in [0.2, 0.25) is 0 Å². The van der Waals surface area contributed by atoms with Crippen molar-refractivity contribution in [2.24, 2.45) is 0 Å². The number of halogens is 1. The lowest BCUT2D eigenvalue weighted by Gasteiger charge is -2.10. The molecular weight excluding hydrogens is 340 g/mol. The standard InChI is InChI=1S/C19H19ClN2O3/c20-17-10-16(5-3-15(17)12-23)22-8-7-21-11-13-1-2-14-4-6-19(24)25-18(14)9-13/h1-6,9-10,21-23H,7-8,11-12H2. The highest BCUT2D eigenvalue weighted by molar-refractivity contribution is 6.31. The zero-order chi connectivity index (χ0) is 17.6. The highest BCUT2D eigenvalue weighted by Crippen LogP contribution is 2.20. The van der Waals surface area contributed by atoms with E-state index in [1.807, 2.05) is 24.3 Å². The first-order valence-electron chi connectivity index (χ1n) is 8.02. The summed E-state index contributed by atoms with van der Waals surface area (Å²) >= 11 is 6.06. The number of hydrogen-bond donors (Lipinski definition) is 3. The van der Waals surface area contributed by atoms with Crippen LogP contribution in [-0.2, 0) is 13.2 Å². The zero-order valence-corrected chi connectivity index (χ0v) is 14.3. The topological polar surface area (TPSA) is 74.5 Å². The molecule has 0 radical (unpaired) electrons. The fraction of sp³-hybridized carbons (Fsp3) is 0.211. The van der Waals surface area contributed by atoms with Crippen LogP contribution in [0.25, 0.3) is 11.0 Å². The Morgan fingerprint density at radius 3 is 2.68 bits per heavy atom. The lowest BCUT2D eigenvalue weighted by atomic mass is 10.1. The molecule has 0 fully saturated rings. The summed E-state index contributed by atoms with van der Waals surface area (Å²) in [5.74, 6) is 0. The third-order valence-electron chi connectivity index (χ3n) is 3.87. The molecule has 0 aliphatic carbocycles. The van der Waals surface area contributed by atoms with Crippen molar-refractivity contribution < 1.29 is 9.52 Å². The molecule has 0 spiro atoms. The van der Waals surface area contributed by atoms with Crippen molar-refractivity contribution in [1.82, 2.24) is 5.32 Å². The molecule has 0 unspecified atom stereocenters. The summed E-state index contributed by atoms with van der Waals surface area (Å²) in [6.45, 7) is 2.11. The van der Waals surface area contributed by atoms with Gasteiger partial charge in [-0.1, -0.05) is 29.8 Å². The van der Waals surface area contributed by atoms with Crippen molar-refractivity contribution in [2.75, 3.05) is 18.4 Å². The van der Waals surface area contributed by atoms with Crippen LogP contribution in [0, 0.1) is 0 Å². The van der Waals surface area contributed by atoms with Gasteiger partial charge in [0, 0.05) is 41.8 Å². The Morgan fingerprint density at radius 2 is 1.88 bits per heavy atom. The largest absolute Gasteiger partial charge is 0.423 e. The molecule has 130 valence electrons. The van der Waals surface area contributed by atoms with Gasteiger partial charge in [0.25, 0.3) is 0 Å². The summed E-state index contributed by atoms with van der Waals surface area (Å²) in [4.78, 5) is 11.3. The van der Waals surface area contributed by atoms with Gasteiger partial charge >= 0.3 is 5.63 Å². The number of nitrogens with one attached hydrogen (secondary N) is 2. The molecule has 25 heavy (non-hydrogen) atoms. The fourth-order valence-corrected chi connectivity index (χ4v) is 2.77. The summed E-state index contributed by atoms with van der Waals surface area (Å²) in [7, 11) is 0. The van der Waals surface area contributed by atoms with E-state index in [9.17, 15) is 4.79 Å². The summed E-state index contributed by atoms with van der Waals surface area (Å²) in [6, 6.07) is 14.5. The monoisotopic (exact) mass is 358 g/mol. The van der Waals surface area contributed by atoms with Gasteiger partial charge in [0.05, 0.1) is 6.61 Å². The third-order valence-corrected chi connectivity index (χ3v) is 4.22. The predicted molar refractivity (Wildman–Crippen MR) is 100 cm³/mol. The van der Waals surface area contributed by atoms with Crippen LogP contribution in [0.2, 0.25) is 5.02 Å². The second-order valence-electron chi connectivity index (χ2n) is 5.69. The van der Waals surface area contributed by atoms with E-state index >= 15 is 0 Å². The van der Waals surface area contributed by atoms with Gasteiger partial charge in [-0.15, -0.1) is 0 Å². The molecule has 2 aromatic carbocycles. The molecule has 3 rings (SSSR count). The minimum Gasteiger partial charge on any atom is -0.423 e. The maximum atomic E-state index is 11.3. The predicted octanol–water partition coefficient (Wildman–Crippen LogP) is 3.14. The van der Waals surface area contributed by atoms with Gasteiger partial charge in [-0.05, 0) is 35.4 Å². The molecule has 0 bridgehead atoms. The number of hydrogen-bond acceptors (Lipinski definition) is 5. The average Bonchev–Trinajstić information content (AvgIpc) is 2.61. The van der Waals surface area contributed by atoms with Gasteiger partial charge in [0.1, 0.15) is 5.58 Å². The Morgan fingerprint density at radius 1 is 1.04 bits per heavy atom. The molecule has 1 aromatic heterocycles. The first-order chi connectivity index (χ1) is 12.2. The van der Waals surface area contributed by atoms with Crippen LogP contribution in [0.1, 0.15) is 11.1 Å². The van der Waals surface area contributed by atoms with Crippen molar-refractivity contribution in [2.45, 2.75) is 13.2 Å². The lowest BCUT2D eigenvalue weighted by Crippen LogP contribution is -2.21. The Labute approximate surface area is 150 Å². The molecule has 6 heteroatoms.